The molecule has 2 unspecified atom stereocenters. The maximum Gasteiger partial charge on any atom is 0.251 e. The Labute approximate surface area is 139 Å². The van der Waals surface area contributed by atoms with Crippen molar-refractivity contribution < 1.29 is 9.90 Å². The van der Waals surface area contributed by atoms with E-state index in [0.717, 1.165) is 32.4 Å². The van der Waals surface area contributed by atoms with E-state index >= 15 is 0 Å². The molecule has 0 heterocycles. The molecule has 0 spiro atoms. The van der Waals surface area contributed by atoms with Gasteiger partial charge in [-0.25, -0.2) is 0 Å². The van der Waals surface area contributed by atoms with Crippen molar-refractivity contribution in [1.82, 2.24) is 10.2 Å². The molecular weight excluding hydrogens is 288 g/mol. The van der Waals surface area contributed by atoms with Crippen LogP contribution in [0.5, 0.6) is 0 Å². The predicted octanol–water partition coefficient (Wildman–Crippen LogP) is 2.81. The topological polar surface area (TPSA) is 52.6 Å². The highest BCUT2D eigenvalue weighted by molar-refractivity contribution is 5.94. The largest absolute Gasteiger partial charge is 0.393 e. The summed E-state index contributed by atoms with van der Waals surface area (Å²) in [5, 5.41) is 12.8. The molecule has 1 aromatic carbocycles. The molecule has 128 valence electrons. The van der Waals surface area contributed by atoms with Gasteiger partial charge in [0.2, 0.25) is 0 Å². The van der Waals surface area contributed by atoms with Crippen LogP contribution in [-0.4, -0.2) is 41.1 Å². The van der Waals surface area contributed by atoms with Crippen molar-refractivity contribution in [2.24, 2.45) is 5.92 Å². The summed E-state index contributed by atoms with van der Waals surface area (Å²) in [4.78, 5) is 14.6. The minimum absolute atomic E-state index is 0.0492. The molecule has 2 rings (SSSR count). The number of hydrogen-bond donors (Lipinski definition) is 2. The highest BCUT2D eigenvalue weighted by Gasteiger charge is 2.25. The van der Waals surface area contributed by atoms with Gasteiger partial charge in [-0.05, 0) is 50.9 Å². The highest BCUT2D eigenvalue weighted by atomic mass is 16.3. The minimum atomic E-state index is -0.256. The zero-order chi connectivity index (χ0) is 16.8. The van der Waals surface area contributed by atoms with Crippen LogP contribution in [0.25, 0.3) is 0 Å². The number of aliphatic hydroxyl groups is 1. The molecular formula is C19H30N2O2. The van der Waals surface area contributed by atoms with E-state index in [0.29, 0.717) is 18.2 Å². The van der Waals surface area contributed by atoms with Crippen LogP contribution in [0.1, 0.15) is 56.0 Å². The molecule has 1 fully saturated rings. The molecule has 0 saturated heterocycles. The van der Waals surface area contributed by atoms with Gasteiger partial charge in [0, 0.05) is 30.6 Å². The summed E-state index contributed by atoms with van der Waals surface area (Å²) in [6.45, 7) is 9.05. The van der Waals surface area contributed by atoms with Crippen molar-refractivity contribution >= 4 is 5.91 Å². The number of amides is 1. The number of nitrogens with one attached hydrogen (secondary N) is 1. The standard InChI is InChI=1S/C19H30N2O2/c1-4-21(14(2)3)13-15-8-10-16(11-9-15)19(23)20-12-17-6-5-7-18(17)22/h8-11,14,17-18,22H,4-7,12-13H2,1-3H3,(H,20,23). The Morgan fingerprint density at radius 3 is 2.52 bits per heavy atom. The van der Waals surface area contributed by atoms with Crippen LogP contribution in [0, 0.1) is 5.92 Å². The van der Waals surface area contributed by atoms with Crippen LogP contribution in [-0.2, 0) is 6.54 Å². The monoisotopic (exact) mass is 318 g/mol. The van der Waals surface area contributed by atoms with E-state index in [2.05, 4.69) is 31.0 Å². The normalized spacial score (nSPS) is 21.1. The quantitative estimate of drug-likeness (QED) is 0.813. The van der Waals surface area contributed by atoms with E-state index in [1.165, 1.54) is 5.56 Å². The summed E-state index contributed by atoms with van der Waals surface area (Å²) in [7, 11) is 0. The Hall–Kier alpha value is -1.39. The molecule has 4 nitrogen and oxygen atoms in total. The Morgan fingerprint density at radius 1 is 1.30 bits per heavy atom. The van der Waals surface area contributed by atoms with Crippen LogP contribution in [0.15, 0.2) is 24.3 Å². The van der Waals surface area contributed by atoms with Gasteiger partial charge >= 0.3 is 0 Å². The molecule has 2 atom stereocenters. The minimum Gasteiger partial charge on any atom is -0.393 e. The zero-order valence-corrected chi connectivity index (χ0v) is 14.6. The lowest BCUT2D eigenvalue weighted by Gasteiger charge is -2.24. The first kappa shape index (κ1) is 18.0. The lowest BCUT2D eigenvalue weighted by Crippen LogP contribution is -2.32. The molecule has 0 radical (unpaired) electrons. The number of carbonyl (C=O) groups is 1. The van der Waals surface area contributed by atoms with Crippen molar-refractivity contribution in [2.45, 2.75) is 58.7 Å². The number of hydrogen-bond acceptors (Lipinski definition) is 3. The molecule has 0 bridgehead atoms. The van der Waals surface area contributed by atoms with E-state index in [-0.39, 0.29) is 17.9 Å². The van der Waals surface area contributed by atoms with Crippen LogP contribution >= 0.6 is 0 Å². The summed E-state index contributed by atoms with van der Waals surface area (Å²) in [5.41, 5.74) is 1.91. The molecule has 1 aromatic rings. The van der Waals surface area contributed by atoms with E-state index in [1.807, 2.05) is 24.3 Å². The average Bonchev–Trinajstić information content (AvgIpc) is 2.95. The first-order valence-electron chi connectivity index (χ1n) is 8.80. The molecule has 0 aromatic heterocycles. The van der Waals surface area contributed by atoms with Gasteiger partial charge in [-0.1, -0.05) is 25.5 Å². The molecule has 23 heavy (non-hydrogen) atoms. The fourth-order valence-corrected chi connectivity index (χ4v) is 3.24. The number of benzene rings is 1. The second-order valence-electron chi connectivity index (χ2n) is 6.82. The highest BCUT2D eigenvalue weighted by Crippen LogP contribution is 2.24. The Bertz CT molecular complexity index is 499. The summed E-state index contributed by atoms with van der Waals surface area (Å²) < 4.78 is 0. The number of aliphatic hydroxyl groups excluding tert-OH is 1. The lowest BCUT2D eigenvalue weighted by molar-refractivity contribution is 0.0916. The second-order valence-corrected chi connectivity index (χ2v) is 6.82. The SMILES string of the molecule is CCN(Cc1ccc(C(=O)NCC2CCCC2O)cc1)C(C)C. The van der Waals surface area contributed by atoms with Gasteiger partial charge in [0.25, 0.3) is 5.91 Å². The Morgan fingerprint density at radius 2 is 2.00 bits per heavy atom. The smallest absolute Gasteiger partial charge is 0.251 e. The molecule has 4 heteroatoms. The van der Waals surface area contributed by atoms with Gasteiger partial charge in [0.05, 0.1) is 6.10 Å². The third-order valence-electron chi connectivity index (χ3n) is 4.88. The first-order chi connectivity index (χ1) is 11.0. The van der Waals surface area contributed by atoms with Crippen molar-refractivity contribution in [1.29, 1.82) is 0 Å². The van der Waals surface area contributed by atoms with Crippen molar-refractivity contribution in [3.63, 3.8) is 0 Å². The third-order valence-corrected chi connectivity index (χ3v) is 4.88. The average molecular weight is 318 g/mol. The molecule has 1 saturated carbocycles. The summed E-state index contributed by atoms with van der Waals surface area (Å²) in [6.07, 6.45) is 2.66. The third kappa shape index (κ3) is 5.05. The van der Waals surface area contributed by atoms with E-state index < -0.39 is 0 Å². The fraction of sp³-hybridized carbons (Fsp3) is 0.632. The Kier molecular flexibility index (Phi) is 6.60. The van der Waals surface area contributed by atoms with Gasteiger partial charge in [-0.2, -0.15) is 0 Å². The number of rotatable bonds is 7. The zero-order valence-electron chi connectivity index (χ0n) is 14.6. The van der Waals surface area contributed by atoms with Crippen molar-refractivity contribution in [3.05, 3.63) is 35.4 Å². The van der Waals surface area contributed by atoms with E-state index in [4.69, 9.17) is 0 Å². The van der Waals surface area contributed by atoms with Crippen molar-refractivity contribution in [3.8, 4) is 0 Å². The second kappa shape index (κ2) is 8.46. The van der Waals surface area contributed by atoms with Crippen LogP contribution < -0.4 is 5.32 Å². The van der Waals surface area contributed by atoms with Gasteiger partial charge in [-0.3, -0.25) is 9.69 Å². The van der Waals surface area contributed by atoms with Gasteiger partial charge in [0.15, 0.2) is 0 Å². The molecule has 0 aliphatic heterocycles. The maximum atomic E-state index is 12.2. The molecule has 2 N–H and O–H groups in total. The van der Waals surface area contributed by atoms with Crippen LogP contribution in [0.3, 0.4) is 0 Å². The van der Waals surface area contributed by atoms with Gasteiger partial charge < -0.3 is 10.4 Å². The van der Waals surface area contributed by atoms with Crippen molar-refractivity contribution in [2.75, 3.05) is 13.1 Å². The number of nitrogens with zero attached hydrogens (tertiary/aromatic N) is 1. The summed E-state index contributed by atoms with van der Waals surface area (Å²) in [6, 6.07) is 8.36. The lowest BCUT2D eigenvalue weighted by atomic mass is 10.1. The van der Waals surface area contributed by atoms with E-state index in [1.54, 1.807) is 0 Å². The summed E-state index contributed by atoms with van der Waals surface area (Å²) in [5.74, 6) is 0.161. The molecule has 1 aliphatic carbocycles. The summed E-state index contributed by atoms with van der Waals surface area (Å²) >= 11 is 0. The van der Waals surface area contributed by atoms with Gasteiger partial charge in [0.1, 0.15) is 0 Å². The predicted molar refractivity (Wildman–Crippen MR) is 93.3 cm³/mol. The maximum absolute atomic E-state index is 12.2. The number of carbonyl (C=O) groups excluding carboxylic acids is 1. The van der Waals surface area contributed by atoms with Gasteiger partial charge in [-0.15, -0.1) is 0 Å². The van der Waals surface area contributed by atoms with Crippen LogP contribution in [0.4, 0.5) is 0 Å². The van der Waals surface area contributed by atoms with Crippen LogP contribution in [0.2, 0.25) is 0 Å². The van der Waals surface area contributed by atoms with E-state index in [9.17, 15) is 9.90 Å². The molecule has 1 aliphatic rings. The Balaban J connectivity index is 1.87. The fourth-order valence-electron chi connectivity index (χ4n) is 3.24. The molecule has 1 amide bonds. The first-order valence-corrected chi connectivity index (χ1v) is 8.80.